The third kappa shape index (κ3) is 3.79. The van der Waals surface area contributed by atoms with E-state index in [2.05, 4.69) is 27.2 Å². The lowest BCUT2D eigenvalue weighted by molar-refractivity contribution is 0.0938. The molecule has 0 saturated heterocycles. The molecule has 2 aromatic carbocycles. The fraction of sp³-hybridized carbons (Fsp3) is 0.111. The van der Waals surface area contributed by atoms with Gasteiger partial charge in [-0.15, -0.1) is 11.0 Å². The monoisotopic (exact) mass is 463 g/mol. The number of benzene rings is 2. The molecule has 0 aliphatic heterocycles. The number of aromatic nitrogens is 3. The molecular weight excluding hydrogens is 442 g/mol. The van der Waals surface area contributed by atoms with Gasteiger partial charge in [0.2, 0.25) is 5.43 Å². The van der Waals surface area contributed by atoms with E-state index in [-0.39, 0.29) is 16.8 Å². The highest BCUT2D eigenvalue weighted by molar-refractivity contribution is 6.04. The normalized spacial score (nSPS) is 11.7. The number of nitrogen functional groups attached to an aromatic ring is 1. The summed E-state index contributed by atoms with van der Waals surface area (Å²) in [5, 5.41) is 7.45. The highest BCUT2D eigenvalue weighted by atomic mass is 16.3. The van der Waals surface area contributed by atoms with Crippen LogP contribution in [0.15, 0.2) is 76.2 Å². The Balaban J connectivity index is 1.66. The Hall–Kier alpha value is -4.90. The molecule has 3 N–H and O–H groups in total. The second-order valence-corrected chi connectivity index (χ2v) is 7.93. The van der Waals surface area contributed by atoms with Crippen LogP contribution in [-0.2, 0) is 0 Å². The van der Waals surface area contributed by atoms with Gasteiger partial charge < -0.3 is 15.5 Å². The number of nitrogens with zero attached hydrogens (tertiary/aromatic N) is 3. The van der Waals surface area contributed by atoms with Crippen molar-refractivity contribution in [1.82, 2.24) is 19.9 Å². The van der Waals surface area contributed by atoms with Gasteiger partial charge in [-0.2, -0.15) is 0 Å². The van der Waals surface area contributed by atoms with Crippen LogP contribution in [0.2, 0.25) is 0 Å². The second kappa shape index (κ2) is 8.80. The van der Waals surface area contributed by atoms with E-state index in [9.17, 15) is 9.59 Å². The average molecular weight is 463 g/mol. The topological polar surface area (TPSA) is 116 Å². The van der Waals surface area contributed by atoms with Gasteiger partial charge in [-0.1, -0.05) is 42.3 Å². The van der Waals surface area contributed by atoms with Crippen molar-refractivity contribution >= 4 is 28.3 Å². The third-order valence-electron chi connectivity index (χ3n) is 5.66. The fourth-order valence-electron chi connectivity index (χ4n) is 4.13. The van der Waals surface area contributed by atoms with Crippen molar-refractivity contribution in [3.63, 3.8) is 0 Å². The Morgan fingerprint density at radius 3 is 2.71 bits per heavy atom. The minimum Gasteiger partial charge on any atom is -0.458 e. The first-order valence-corrected chi connectivity index (χ1v) is 11.0. The van der Waals surface area contributed by atoms with Crippen molar-refractivity contribution in [2.45, 2.75) is 19.9 Å². The lowest BCUT2D eigenvalue weighted by atomic mass is 9.97. The van der Waals surface area contributed by atoms with Gasteiger partial charge in [-0.3, -0.25) is 9.59 Å². The summed E-state index contributed by atoms with van der Waals surface area (Å²) in [5.41, 5.74) is 8.30. The lowest BCUT2D eigenvalue weighted by Crippen LogP contribution is -2.28. The van der Waals surface area contributed by atoms with Crippen LogP contribution < -0.4 is 16.5 Å². The molecule has 3 heterocycles. The molecular formula is C27H21N5O3. The van der Waals surface area contributed by atoms with E-state index in [1.54, 1.807) is 50.5 Å². The Labute approximate surface area is 200 Å². The molecule has 1 atom stereocenters. The number of carbonyl (C=O) groups is 1. The number of fused-ring (bicyclic) bond motifs is 2. The summed E-state index contributed by atoms with van der Waals surface area (Å²) in [6, 6.07) is 15.5. The highest BCUT2D eigenvalue weighted by Crippen LogP contribution is 2.30. The number of hydrogen-bond acceptors (Lipinski definition) is 6. The second-order valence-electron chi connectivity index (χ2n) is 7.93. The van der Waals surface area contributed by atoms with E-state index < -0.39 is 11.9 Å². The maximum atomic E-state index is 13.8. The Morgan fingerprint density at radius 2 is 1.94 bits per heavy atom. The van der Waals surface area contributed by atoms with E-state index in [1.165, 1.54) is 4.52 Å². The summed E-state index contributed by atoms with van der Waals surface area (Å²) in [7, 11) is 0. The van der Waals surface area contributed by atoms with E-state index in [4.69, 9.17) is 10.2 Å². The minimum absolute atomic E-state index is 0.0550. The quantitative estimate of drug-likeness (QED) is 0.390. The van der Waals surface area contributed by atoms with Crippen LogP contribution in [0.5, 0.6) is 0 Å². The zero-order valence-corrected chi connectivity index (χ0v) is 19.1. The average Bonchev–Trinajstić information content (AvgIpc) is 3.20. The predicted molar refractivity (Wildman–Crippen MR) is 134 cm³/mol. The number of nitrogens with two attached hydrogens (primary N) is 1. The lowest BCUT2D eigenvalue weighted by Gasteiger charge is -2.18. The summed E-state index contributed by atoms with van der Waals surface area (Å²) in [6.45, 7) is 3.46. The Kier molecular flexibility index (Phi) is 5.51. The van der Waals surface area contributed by atoms with Crippen molar-refractivity contribution in [2.24, 2.45) is 0 Å². The first-order chi connectivity index (χ1) is 17.0. The first kappa shape index (κ1) is 21.9. The molecule has 172 valence electrons. The van der Waals surface area contributed by atoms with Crippen LogP contribution >= 0.6 is 0 Å². The molecule has 0 bridgehead atoms. The summed E-state index contributed by atoms with van der Waals surface area (Å²) in [6.07, 6.45) is 3.22. The number of anilines is 1. The Bertz CT molecular complexity index is 1710. The first-order valence-electron chi connectivity index (χ1n) is 11.0. The van der Waals surface area contributed by atoms with Crippen molar-refractivity contribution in [3.05, 3.63) is 94.1 Å². The Morgan fingerprint density at radius 1 is 1.14 bits per heavy atom. The molecule has 5 aromatic rings. The van der Waals surface area contributed by atoms with E-state index in [0.717, 1.165) is 0 Å². The summed E-state index contributed by atoms with van der Waals surface area (Å²) < 4.78 is 7.70. The number of nitrogens with one attached hydrogen (secondary N) is 1. The van der Waals surface area contributed by atoms with Crippen LogP contribution in [0.1, 0.15) is 41.6 Å². The zero-order valence-electron chi connectivity index (χ0n) is 19.1. The van der Waals surface area contributed by atoms with Gasteiger partial charge in [0.05, 0.1) is 17.0 Å². The molecule has 3 aromatic heterocycles. The summed E-state index contributed by atoms with van der Waals surface area (Å²) >= 11 is 0. The van der Waals surface area contributed by atoms with Gasteiger partial charge in [-0.05, 0) is 37.6 Å². The van der Waals surface area contributed by atoms with Crippen molar-refractivity contribution < 1.29 is 9.21 Å². The third-order valence-corrected chi connectivity index (χ3v) is 5.66. The van der Waals surface area contributed by atoms with E-state index in [1.807, 2.05) is 30.3 Å². The van der Waals surface area contributed by atoms with Gasteiger partial charge in [0.1, 0.15) is 16.9 Å². The van der Waals surface area contributed by atoms with Crippen molar-refractivity contribution in [3.8, 4) is 23.0 Å². The van der Waals surface area contributed by atoms with Crippen molar-refractivity contribution in [2.75, 3.05) is 5.73 Å². The van der Waals surface area contributed by atoms with Gasteiger partial charge in [-0.25, -0.2) is 9.50 Å². The van der Waals surface area contributed by atoms with E-state index >= 15 is 0 Å². The molecule has 1 amide bonds. The van der Waals surface area contributed by atoms with Gasteiger partial charge >= 0.3 is 0 Å². The van der Waals surface area contributed by atoms with Gasteiger partial charge in [0.25, 0.3) is 5.91 Å². The molecule has 0 radical (unpaired) electrons. The summed E-state index contributed by atoms with van der Waals surface area (Å²) in [4.78, 5) is 31.3. The van der Waals surface area contributed by atoms with Crippen molar-refractivity contribution in [1.29, 1.82) is 0 Å². The standard InChI is InChI=1S/C27H21N5O3/c1-3-9-17-12-7-13-19-20(17)23(33)21(18-10-5-4-6-11-18)24(35-19)16(2)30-27(34)22-25(28)31-32-15-8-14-29-26(22)32/h4-8,10-16H,1-2H3,(H2,28,31)(H,30,34)/t16-/m1/s1. The number of rotatable bonds is 4. The van der Waals surface area contributed by atoms with Crippen LogP contribution in [0.3, 0.4) is 0 Å². The van der Waals surface area contributed by atoms with Crippen LogP contribution in [0.4, 0.5) is 5.82 Å². The maximum Gasteiger partial charge on any atom is 0.259 e. The largest absolute Gasteiger partial charge is 0.458 e. The van der Waals surface area contributed by atoms with Gasteiger partial charge in [0.15, 0.2) is 11.5 Å². The molecule has 0 aliphatic rings. The highest BCUT2D eigenvalue weighted by Gasteiger charge is 2.26. The van der Waals surface area contributed by atoms with Crippen LogP contribution in [0, 0.1) is 11.8 Å². The molecule has 0 spiro atoms. The minimum atomic E-state index is -0.672. The molecule has 0 fully saturated rings. The smallest absolute Gasteiger partial charge is 0.259 e. The molecule has 0 saturated carbocycles. The molecule has 0 aliphatic carbocycles. The molecule has 5 rings (SSSR count). The molecule has 8 nitrogen and oxygen atoms in total. The number of carbonyl (C=O) groups excluding carboxylic acids is 1. The molecule has 35 heavy (non-hydrogen) atoms. The van der Waals surface area contributed by atoms with Crippen LogP contribution in [0.25, 0.3) is 27.7 Å². The fourth-order valence-corrected chi connectivity index (χ4v) is 4.13. The maximum absolute atomic E-state index is 13.8. The molecule has 0 unspecified atom stereocenters. The zero-order chi connectivity index (χ0) is 24.5. The number of amides is 1. The summed E-state index contributed by atoms with van der Waals surface area (Å²) in [5.74, 6) is 5.74. The number of hydrogen-bond donors (Lipinski definition) is 2. The SMILES string of the molecule is CC#Cc1cccc2oc([C@@H](C)NC(=O)c3c(N)nn4cccnc34)c(-c3ccccc3)c(=O)c12. The molecule has 8 heteroatoms. The predicted octanol–water partition coefficient (Wildman–Crippen LogP) is 3.95. The van der Waals surface area contributed by atoms with Gasteiger partial charge in [0, 0.05) is 18.0 Å². The van der Waals surface area contributed by atoms with E-state index in [0.29, 0.717) is 39.1 Å². The van der Waals surface area contributed by atoms with Crippen LogP contribution in [-0.4, -0.2) is 20.5 Å².